The summed E-state index contributed by atoms with van der Waals surface area (Å²) in [6, 6.07) is 3.45. The quantitative estimate of drug-likeness (QED) is 0.712. The lowest BCUT2D eigenvalue weighted by Gasteiger charge is -2.05. The highest BCUT2D eigenvalue weighted by molar-refractivity contribution is 7.80. The maximum Gasteiger partial charge on any atom is 0.387 e. The van der Waals surface area contributed by atoms with Crippen molar-refractivity contribution >= 4 is 12.6 Å². The molecule has 0 amide bonds. The molecule has 0 bridgehead atoms. The number of hydrogen-bond donors (Lipinski definition) is 1. The molecule has 0 aliphatic heterocycles. The molecule has 12 heavy (non-hydrogen) atoms. The highest BCUT2D eigenvalue weighted by Crippen LogP contribution is 2.22. The fraction of sp³-hybridized carbons (Fsp3) is 0.143. The van der Waals surface area contributed by atoms with E-state index < -0.39 is 18.2 Å². The predicted molar refractivity (Wildman–Crippen MR) is 40.3 cm³/mol. The van der Waals surface area contributed by atoms with E-state index in [2.05, 4.69) is 17.4 Å². The van der Waals surface area contributed by atoms with E-state index in [1.807, 2.05) is 0 Å². The van der Waals surface area contributed by atoms with Crippen molar-refractivity contribution in [1.29, 1.82) is 0 Å². The lowest BCUT2D eigenvalue weighted by atomic mass is 10.3. The maximum absolute atomic E-state index is 12.6. The molecule has 0 N–H and O–H groups in total. The summed E-state index contributed by atoms with van der Waals surface area (Å²) < 4.78 is 39.7. The van der Waals surface area contributed by atoms with Gasteiger partial charge in [-0.3, -0.25) is 0 Å². The van der Waals surface area contributed by atoms with Crippen LogP contribution in [0.2, 0.25) is 0 Å². The first-order valence-corrected chi connectivity index (χ1v) is 3.47. The van der Waals surface area contributed by atoms with E-state index in [0.29, 0.717) is 4.90 Å². The Morgan fingerprint density at radius 3 is 2.58 bits per heavy atom. The van der Waals surface area contributed by atoms with Crippen LogP contribution in [0, 0.1) is 5.82 Å². The van der Waals surface area contributed by atoms with E-state index >= 15 is 0 Å². The van der Waals surface area contributed by atoms with Gasteiger partial charge in [-0.15, -0.1) is 12.6 Å². The summed E-state index contributed by atoms with van der Waals surface area (Å²) in [7, 11) is 0. The third kappa shape index (κ3) is 2.34. The molecule has 0 atom stereocenters. The van der Waals surface area contributed by atoms with Crippen molar-refractivity contribution in [3.05, 3.63) is 24.0 Å². The Morgan fingerprint density at radius 2 is 2.00 bits per heavy atom. The molecule has 0 aliphatic carbocycles. The van der Waals surface area contributed by atoms with Crippen molar-refractivity contribution < 1.29 is 17.9 Å². The Hall–Kier alpha value is -0.840. The standard InChI is InChI=1S/C7H5F3OS/c8-5-2-1-4(12)3-6(5)11-7(9)10/h1-3,7,12H. The van der Waals surface area contributed by atoms with Crippen LogP contribution in [0.3, 0.4) is 0 Å². The number of benzene rings is 1. The molecule has 0 aromatic heterocycles. The van der Waals surface area contributed by atoms with E-state index in [4.69, 9.17) is 0 Å². The summed E-state index contributed by atoms with van der Waals surface area (Å²) in [5, 5.41) is 0. The number of thiol groups is 1. The first kappa shape index (κ1) is 9.25. The molecule has 1 rings (SSSR count). The molecule has 0 saturated carbocycles. The first-order valence-electron chi connectivity index (χ1n) is 3.03. The van der Waals surface area contributed by atoms with Gasteiger partial charge in [0.1, 0.15) is 0 Å². The minimum atomic E-state index is -3.02. The highest BCUT2D eigenvalue weighted by atomic mass is 32.1. The van der Waals surface area contributed by atoms with Crippen LogP contribution in [0.5, 0.6) is 5.75 Å². The molecular weight excluding hydrogens is 189 g/mol. The zero-order valence-electron chi connectivity index (χ0n) is 5.80. The highest BCUT2D eigenvalue weighted by Gasteiger charge is 2.09. The second kappa shape index (κ2) is 3.71. The Labute approximate surface area is 72.6 Å². The second-order valence-corrected chi connectivity index (χ2v) is 2.51. The Kier molecular flexibility index (Phi) is 2.86. The average molecular weight is 194 g/mol. The Morgan fingerprint density at radius 1 is 1.33 bits per heavy atom. The van der Waals surface area contributed by atoms with Crippen molar-refractivity contribution in [2.24, 2.45) is 0 Å². The van der Waals surface area contributed by atoms with Crippen molar-refractivity contribution in [3.8, 4) is 5.75 Å². The van der Waals surface area contributed by atoms with Gasteiger partial charge in [0.25, 0.3) is 0 Å². The molecule has 0 aliphatic rings. The summed E-state index contributed by atoms with van der Waals surface area (Å²) in [6.45, 7) is -3.02. The normalized spacial score (nSPS) is 10.4. The van der Waals surface area contributed by atoms with Gasteiger partial charge in [0.05, 0.1) is 0 Å². The lowest BCUT2D eigenvalue weighted by molar-refractivity contribution is -0.0523. The van der Waals surface area contributed by atoms with Crippen molar-refractivity contribution in [1.82, 2.24) is 0 Å². The van der Waals surface area contributed by atoms with E-state index in [0.717, 1.165) is 12.1 Å². The molecule has 1 nitrogen and oxygen atoms in total. The summed E-state index contributed by atoms with van der Waals surface area (Å²) in [4.78, 5) is 0.368. The van der Waals surface area contributed by atoms with Crippen LogP contribution >= 0.6 is 12.6 Å². The summed E-state index contributed by atoms with van der Waals surface area (Å²) in [5.74, 6) is -1.31. The van der Waals surface area contributed by atoms with Crippen molar-refractivity contribution in [2.45, 2.75) is 11.5 Å². The predicted octanol–water partition coefficient (Wildman–Crippen LogP) is 2.72. The minimum absolute atomic E-state index is 0.368. The molecular formula is C7H5F3OS. The van der Waals surface area contributed by atoms with E-state index in [1.54, 1.807) is 0 Å². The summed E-state index contributed by atoms with van der Waals surface area (Å²) >= 11 is 3.83. The molecule has 0 saturated heterocycles. The van der Waals surface area contributed by atoms with Crippen LogP contribution in [-0.4, -0.2) is 6.61 Å². The number of hydrogen-bond acceptors (Lipinski definition) is 2. The molecule has 1 aromatic rings. The second-order valence-electron chi connectivity index (χ2n) is 1.99. The molecule has 0 heterocycles. The monoisotopic (exact) mass is 194 g/mol. The van der Waals surface area contributed by atoms with Crippen LogP contribution in [0.25, 0.3) is 0 Å². The van der Waals surface area contributed by atoms with E-state index in [-0.39, 0.29) is 0 Å². The van der Waals surface area contributed by atoms with E-state index in [9.17, 15) is 13.2 Å². The molecule has 0 unspecified atom stereocenters. The largest absolute Gasteiger partial charge is 0.432 e. The Bertz CT molecular complexity index is 277. The number of rotatable bonds is 2. The summed E-state index contributed by atoms with van der Waals surface area (Å²) in [5.41, 5.74) is 0. The van der Waals surface area contributed by atoms with Crippen LogP contribution in [-0.2, 0) is 0 Å². The van der Waals surface area contributed by atoms with Crippen LogP contribution < -0.4 is 4.74 Å². The number of ether oxygens (including phenoxy) is 1. The van der Waals surface area contributed by atoms with Gasteiger partial charge in [-0.2, -0.15) is 8.78 Å². The zero-order valence-corrected chi connectivity index (χ0v) is 6.69. The van der Waals surface area contributed by atoms with Crippen molar-refractivity contribution in [2.75, 3.05) is 0 Å². The molecule has 0 spiro atoms. The zero-order chi connectivity index (χ0) is 9.14. The fourth-order valence-corrected chi connectivity index (χ4v) is 0.870. The average Bonchev–Trinajstić information content (AvgIpc) is 1.96. The minimum Gasteiger partial charge on any atom is -0.432 e. The molecule has 66 valence electrons. The van der Waals surface area contributed by atoms with Gasteiger partial charge in [0.15, 0.2) is 11.6 Å². The number of halogens is 3. The van der Waals surface area contributed by atoms with Gasteiger partial charge in [-0.25, -0.2) is 4.39 Å². The maximum atomic E-state index is 12.6. The van der Waals surface area contributed by atoms with Crippen LogP contribution in [0.1, 0.15) is 0 Å². The van der Waals surface area contributed by atoms with Gasteiger partial charge in [0, 0.05) is 4.90 Å². The molecule has 1 aromatic carbocycles. The molecule has 0 radical (unpaired) electrons. The fourth-order valence-electron chi connectivity index (χ4n) is 0.678. The Balaban J connectivity index is 2.90. The SMILES string of the molecule is Fc1ccc(S)cc1OC(F)F. The van der Waals surface area contributed by atoms with Gasteiger partial charge >= 0.3 is 6.61 Å². The third-order valence-electron chi connectivity index (χ3n) is 1.13. The number of alkyl halides is 2. The van der Waals surface area contributed by atoms with Crippen molar-refractivity contribution in [3.63, 3.8) is 0 Å². The molecule has 0 fully saturated rings. The molecule has 5 heteroatoms. The van der Waals surface area contributed by atoms with Gasteiger partial charge in [-0.1, -0.05) is 0 Å². The van der Waals surface area contributed by atoms with E-state index in [1.165, 1.54) is 6.07 Å². The third-order valence-corrected chi connectivity index (χ3v) is 1.41. The lowest BCUT2D eigenvalue weighted by Crippen LogP contribution is -2.03. The smallest absolute Gasteiger partial charge is 0.387 e. The van der Waals surface area contributed by atoms with Crippen LogP contribution in [0.4, 0.5) is 13.2 Å². The first-order chi connectivity index (χ1) is 5.59. The summed E-state index contributed by atoms with van der Waals surface area (Å²) in [6.07, 6.45) is 0. The van der Waals surface area contributed by atoms with Gasteiger partial charge in [-0.05, 0) is 18.2 Å². The van der Waals surface area contributed by atoms with Gasteiger partial charge in [0.2, 0.25) is 0 Å². The van der Waals surface area contributed by atoms with Crippen LogP contribution in [0.15, 0.2) is 23.1 Å². The van der Waals surface area contributed by atoms with Gasteiger partial charge < -0.3 is 4.74 Å². The topological polar surface area (TPSA) is 9.23 Å².